The number of anilines is 1. The zero-order chi connectivity index (χ0) is 16.1. The summed E-state index contributed by atoms with van der Waals surface area (Å²) in [7, 11) is 0. The fourth-order valence-corrected chi connectivity index (χ4v) is 2.44. The normalized spacial score (nSPS) is 14.0. The summed E-state index contributed by atoms with van der Waals surface area (Å²) in [5.41, 5.74) is 0.435. The molecule has 3 rings (SSSR count). The average molecular weight is 314 g/mol. The number of aromatic nitrogens is 4. The SMILES string of the molecule is O=C(Cn1ncccc1=O)NCc1ccnc(N2CCCC2)n1. The van der Waals surface area contributed by atoms with E-state index in [0.29, 0.717) is 12.5 Å². The maximum atomic E-state index is 11.9. The Kier molecular flexibility index (Phi) is 4.60. The second kappa shape index (κ2) is 6.99. The lowest BCUT2D eigenvalue weighted by Gasteiger charge is -2.15. The molecule has 0 bridgehead atoms. The summed E-state index contributed by atoms with van der Waals surface area (Å²) < 4.78 is 1.12. The van der Waals surface area contributed by atoms with Crippen LogP contribution in [-0.4, -0.2) is 38.7 Å². The Morgan fingerprint density at radius 2 is 2.04 bits per heavy atom. The van der Waals surface area contributed by atoms with Crippen LogP contribution >= 0.6 is 0 Å². The number of nitrogens with zero attached hydrogens (tertiary/aromatic N) is 5. The minimum absolute atomic E-state index is 0.107. The molecular weight excluding hydrogens is 296 g/mol. The van der Waals surface area contributed by atoms with Gasteiger partial charge in [0.2, 0.25) is 11.9 Å². The Hall–Kier alpha value is -2.77. The number of hydrogen-bond donors (Lipinski definition) is 1. The first kappa shape index (κ1) is 15.1. The van der Waals surface area contributed by atoms with Crippen LogP contribution in [-0.2, 0) is 17.9 Å². The van der Waals surface area contributed by atoms with Crippen molar-refractivity contribution in [1.29, 1.82) is 0 Å². The minimum Gasteiger partial charge on any atom is -0.349 e. The van der Waals surface area contributed by atoms with Gasteiger partial charge in [-0.05, 0) is 25.0 Å². The van der Waals surface area contributed by atoms with Gasteiger partial charge in [-0.15, -0.1) is 0 Å². The number of carbonyl (C=O) groups is 1. The van der Waals surface area contributed by atoms with Gasteiger partial charge in [-0.2, -0.15) is 5.10 Å². The second-order valence-corrected chi connectivity index (χ2v) is 5.34. The highest BCUT2D eigenvalue weighted by molar-refractivity contribution is 5.75. The Bertz CT molecular complexity index is 738. The van der Waals surface area contributed by atoms with Crippen molar-refractivity contribution >= 4 is 11.9 Å². The number of hydrogen-bond acceptors (Lipinski definition) is 6. The molecule has 1 aliphatic heterocycles. The fourth-order valence-electron chi connectivity index (χ4n) is 2.44. The molecule has 1 N–H and O–H groups in total. The highest BCUT2D eigenvalue weighted by Gasteiger charge is 2.15. The van der Waals surface area contributed by atoms with Crippen molar-refractivity contribution in [2.45, 2.75) is 25.9 Å². The molecule has 0 saturated carbocycles. The largest absolute Gasteiger partial charge is 0.349 e. The van der Waals surface area contributed by atoms with Gasteiger partial charge in [-0.3, -0.25) is 9.59 Å². The van der Waals surface area contributed by atoms with Crippen LogP contribution in [0.1, 0.15) is 18.5 Å². The van der Waals surface area contributed by atoms with E-state index in [4.69, 9.17) is 0 Å². The van der Waals surface area contributed by atoms with Crippen molar-refractivity contribution < 1.29 is 4.79 Å². The zero-order valence-corrected chi connectivity index (χ0v) is 12.7. The van der Waals surface area contributed by atoms with Gasteiger partial charge < -0.3 is 10.2 Å². The lowest BCUT2D eigenvalue weighted by atomic mass is 10.4. The summed E-state index contributed by atoms with van der Waals surface area (Å²) in [4.78, 5) is 34.3. The number of nitrogens with one attached hydrogen (secondary N) is 1. The Morgan fingerprint density at radius 1 is 1.22 bits per heavy atom. The van der Waals surface area contributed by atoms with E-state index >= 15 is 0 Å². The maximum absolute atomic E-state index is 11.9. The smallest absolute Gasteiger partial charge is 0.267 e. The summed E-state index contributed by atoms with van der Waals surface area (Å²) in [6.07, 6.45) is 5.49. The predicted molar refractivity (Wildman–Crippen MR) is 83.8 cm³/mol. The quantitative estimate of drug-likeness (QED) is 0.832. The van der Waals surface area contributed by atoms with E-state index in [9.17, 15) is 9.59 Å². The molecule has 8 nitrogen and oxygen atoms in total. The molecule has 0 spiro atoms. The first-order valence-corrected chi connectivity index (χ1v) is 7.58. The highest BCUT2D eigenvalue weighted by atomic mass is 16.2. The van der Waals surface area contributed by atoms with Crippen LogP contribution < -0.4 is 15.8 Å². The van der Waals surface area contributed by atoms with Crippen molar-refractivity contribution in [2.75, 3.05) is 18.0 Å². The topological polar surface area (TPSA) is 93.0 Å². The zero-order valence-electron chi connectivity index (χ0n) is 12.7. The summed E-state index contributed by atoms with van der Waals surface area (Å²) in [6, 6.07) is 4.68. The molecule has 3 heterocycles. The van der Waals surface area contributed by atoms with Crippen molar-refractivity contribution in [3.63, 3.8) is 0 Å². The van der Waals surface area contributed by atoms with Crippen molar-refractivity contribution in [3.8, 4) is 0 Å². The predicted octanol–water partition coefficient (Wildman–Crippen LogP) is -0.0501. The Balaban J connectivity index is 1.57. The first-order chi connectivity index (χ1) is 11.2. The van der Waals surface area contributed by atoms with Crippen molar-refractivity contribution in [2.24, 2.45) is 0 Å². The van der Waals surface area contributed by atoms with Crippen LogP contribution in [0, 0.1) is 0 Å². The third-order valence-electron chi connectivity index (χ3n) is 3.63. The molecule has 0 aromatic carbocycles. The van der Waals surface area contributed by atoms with Gasteiger partial charge in [0.25, 0.3) is 5.56 Å². The van der Waals surface area contributed by atoms with Gasteiger partial charge >= 0.3 is 0 Å². The molecule has 23 heavy (non-hydrogen) atoms. The molecule has 8 heteroatoms. The molecule has 120 valence electrons. The summed E-state index contributed by atoms with van der Waals surface area (Å²) in [6.45, 7) is 2.13. The first-order valence-electron chi connectivity index (χ1n) is 7.58. The van der Waals surface area contributed by atoms with E-state index < -0.39 is 0 Å². The molecule has 0 aliphatic carbocycles. The lowest BCUT2D eigenvalue weighted by molar-refractivity contribution is -0.122. The van der Waals surface area contributed by atoms with Crippen molar-refractivity contribution in [3.05, 3.63) is 46.6 Å². The van der Waals surface area contributed by atoms with Gasteiger partial charge in [-0.25, -0.2) is 14.6 Å². The molecule has 1 fully saturated rings. The van der Waals surface area contributed by atoms with E-state index in [0.717, 1.165) is 36.3 Å². The minimum atomic E-state index is -0.305. The van der Waals surface area contributed by atoms with E-state index in [1.807, 2.05) is 0 Å². The number of amides is 1. The van der Waals surface area contributed by atoms with Crippen LogP contribution in [0.5, 0.6) is 0 Å². The Labute approximate surface area is 133 Å². The molecule has 1 amide bonds. The standard InChI is InChI=1S/C15H18N6O2/c22-13(11-21-14(23)4-3-6-18-21)17-10-12-5-7-16-15(19-12)20-8-1-2-9-20/h3-7H,1-2,8-11H2,(H,17,22). The third-order valence-corrected chi connectivity index (χ3v) is 3.63. The van der Waals surface area contributed by atoms with Crippen LogP contribution in [0.2, 0.25) is 0 Å². The molecular formula is C15H18N6O2. The van der Waals surface area contributed by atoms with Crippen LogP contribution in [0.4, 0.5) is 5.95 Å². The van der Waals surface area contributed by atoms with E-state index in [1.165, 1.54) is 18.3 Å². The molecule has 1 saturated heterocycles. The second-order valence-electron chi connectivity index (χ2n) is 5.34. The van der Waals surface area contributed by atoms with Gasteiger partial charge in [0.05, 0.1) is 12.2 Å². The molecule has 1 aliphatic rings. The van der Waals surface area contributed by atoms with Gasteiger partial charge in [-0.1, -0.05) is 0 Å². The van der Waals surface area contributed by atoms with Gasteiger partial charge in [0, 0.05) is 31.5 Å². The van der Waals surface area contributed by atoms with Gasteiger partial charge in [0.15, 0.2) is 0 Å². The molecule has 0 radical (unpaired) electrons. The van der Waals surface area contributed by atoms with Crippen LogP contribution in [0.3, 0.4) is 0 Å². The van der Waals surface area contributed by atoms with Gasteiger partial charge in [0.1, 0.15) is 6.54 Å². The number of rotatable bonds is 5. The highest BCUT2D eigenvalue weighted by Crippen LogP contribution is 2.15. The lowest BCUT2D eigenvalue weighted by Crippen LogP contribution is -2.33. The monoisotopic (exact) mass is 314 g/mol. The van der Waals surface area contributed by atoms with Crippen LogP contribution in [0.25, 0.3) is 0 Å². The molecule has 2 aromatic rings. The Morgan fingerprint density at radius 3 is 2.83 bits per heavy atom. The third kappa shape index (κ3) is 3.91. The average Bonchev–Trinajstić information content (AvgIpc) is 3.10. The molecule has 2 aromatic heterocycles. The summed E-state index contributed by atoms with van der Waals surface area (Å²) in [5.74, 6) is 0.419. The van der Waals surface area contributed by atoms with E-state index in [-0.39, 0.29) is 18.0 Å². The van der Waals surface area contributed by atoms with Crippen molar-refractivity contribution in [1.82, 2.24) is 25.1 Å². The number of carbonyl (C=O) groups excluding carboxylic acids is 1. The molecule has 0 atom stereocenters. The van der Waals surface area contributed by atoms with E-state index in [2.05, 4.69) is 25.3 Å². The van der Waals surface area contributed by atoms with E-state index in [1.54, 1.807) is 12.3 Å². The van der Waals surface area contributed by atoms with Crippen LogP contribution in [0.15, 0.2) is 35.4 Å². The summed E-state index contributed by atoms with van der Waals surface area (Å²) in [5, 5.41) is 6.60. The maximum Gasteiger partial charge on any atom is 0.267 e. The molecule has 0 unspecified atom stereocenters. The summed E-state index contributed by atoms with van der Waals surface area (Å²) >= 11 is 0. The fraction of sp³-hybridized carbons (Fsp3) is 0.400.